The molecular weight excluding hydrogens is 206 g/mol. The molecule has 0 aliphatic heterocycles. The molecule has 0 bridgehead atoms. The second-order valence-electron chi connectivity index (χ2n) is 2.81. The van der Waals surface area contributed by atoms with Crippen LogP contribution >= 0.6 is 11.6 Å². The molecule has 0 saturated carbocycles. The highest BCUT2D eigenvalue weighted by Gasteiger charge is 2.15. The van der Waals surface area contributed by atoms with E-state index in [1.54, 1.807) is 12.1 Å². The first-order valence-electron chi connectivity index (χ1n) is 4.03. The van der Waals surface area contributed by atoms with Gasteiger partial charge in [0.05, 0.1) is 24.8 Å². The molecule has 0 amide bonds. The summed E-state index contributed by atoms with van der Waals surface area (Å²) in [4.78, 5) is 0. The summed E-state index contributed by atoms with van der Waals surface area (Å²) in [5, 5.41) is 18.5. The molecule has 0 saturated heterocycles. The van der Waals surface area contributed by atoms with E-state index in [9.17, 15) is 5.11 Å². The molecule has 1 atom stereocenters. The van der Waals surface area contributed by atoms with Crippen molar-refractivity contribution >= 4 is 11.6 Å². The van der Waals surface area contributed by atoms with Gasteiger partial charge >= 0.3 is 0 Å². The van der Waals surface area contributed by atoms with E-state index < -0.39 is 6.04 Å². The fourth-order valence-corrected chi connectivity index (χ4v) is 1.41. The van der Waals surface area contributed by atoms with Gasteiger partial charge < -0.3 is 20.7 Å². The maximum absolute atomic E-state index is 9.53. The summed E-state index contributed by atoms with van der Waals surface area (Å²) >= 11 is 5.83. The van der Waals surface area contributed by atoms with Crippen LogP contribution in [-0.2, 0) is 0 Å². The highest BCUT2D eigenvalue weighted by atomic mass is 35.5. The van der Waals surface area contributed by atoms with Crippen LogP contribution in [0.5, 0.6) is 11.5 Å². The molecule has 0 fully saturated rings. The molecule has 0 heterocycles. The molecule has 1 aromatic carbocycles. The van der Waals surface area contributed by atoms with E-state index in [-0.39, 0.29) is 23.1 Å². The topological polar surface area (TPSA) is 75.7 Å². The first-order chi connectivity index (χ1) is 6.61. The van der Waals surface area contributed by atoms with Crippen molar-refractivity contribution in [2.24, 2.45) is 5.73 Å². The van der Waals surface area contributed by atoms with Crippen LogP contribution in [0.15, 0.2) is 12.1 Å². The zero-order chi connectivity index (χ0) is 10.7. The van der Waals surface area contributed by atoms with Gasteiger partial charge in [-0.1, -0.05) is 17.7 Å². The van der Waals surface area contributed by atoms with Crippen molar-refractivity contribution in [2.45, 2.75) is 6.04 Å². The maximum atomic E-state index is 9.53. The molecule has 5 heteroatoms. The monoisotopic (exact) mass is 217 g/mol. The van der Waals surface area contributed by atoms with Gasteiger partial charge in [-0.2, -0.15) is 0 Å². The Morgan fingerprint density at radius 2 is 2.21 bits per heavy atom. The van der Waals surface area contributed by atoms with Crippen molar-refractivity contribution in [2.75, 3.05) is 13.7 Å². The SMILES string of the molecule is COc1ccc([C@H](N)CO)c(Cl)c1O. The third-order valence-corrected chi connectivity index (χ3v) is 2.32. The lowest BCUT2D eigenvalue weighted by atomic mass is 10.1. The molecule has 1 aromatic rings. The number of hydrogen-bond donors (Lipinski definition) is 3. The molecule has 0 aliphatic carbocycles. The molecule has 1 rings (SSSR count). The predicted molar refractivity (Wildman–Crippen MR) is 53.7 cm³/mol. The molecule has 0 aromatic heterocycles. The lowest BCUT2D eigenvalue weighted by Gasteiger charge is -2.13. The standard InChI is InChI=1S/C9H12ClNO3/c1-14-7-3-2-5(6(11)4-12)8(10)9(7)13/h2-3,6,12-13H,4,11H2,1H3/t6-/m1/s1. The number of rotatable bonds is 3. The smallest absolute Gasteiger partial charge is 0.177 e. The molecule has 4 nitrogen and oxygen atoms in total. The third kappa shape index (κ3) is 1.92. The zero-order valence-corrected chi connectivity index (χ0v) is 8.45. The Morgan fingerprint density at radius 3 is 2.71 bits per heavy atom. The van der Waals surface area contributed by atoms with E-state index in [1.807, 2.05) is 0 Å². The number of halogens is 1. The van der Waals surface area contributed by atoms with Crippen molar-refractivity contribution in [3.8, 4) is 11.5 Å². The van der Waals surface area contributed by atoms with Crippen molar-refractivity contribution in [3.63, 3.8) is 0 Å². The van der Waals surface area contributed by atoms with Gasteiger partial charge in [-0.3, -0.25) is 0 Å². The Labute approximate surface area is 86.9 Å². The number of benzene rings is 1. The number of methoxy groups -OCH3 is 1. The highest BCUT2D eigenvalue weighted by molar-refractivity contribution is 6.33. The molecule has 0 aliphatic rings. The normalized spacial score (nSPS) is 12.6. The first-order valence-corrected chi connectivity index (χ1v) is 4.41. The average molecular weight is 218 g/mol. The third-order valence-electron chi connectivity index (χ3n) is 1.93. The minimum Gasteiger partial charge on any atom is -0.503 e. The molecular formula is C9H12ClNO3. The van der Waals surface area contributed by atoms with Gasteiger partial charge in [-0.25, -0.2) is 0 Å². The van der Waals surface area contributed by atoms with Crippen LogP contribution in [0.25, 0.3) is 0 Å². The van der Waals surface area contributed by atoms with Gasteiger partial charge in [0.1, 0.15) is 0 Å². The highest BCUT2D eigenvalue weighted by Crippen LogP contribution is 2.37. The molecule has 4 N–H and O–H groups in total. The van der Waals surface area contributed by atoms with Crippen molar-refractivity contribution in [3.05, 3.63) is 22.7 Å². The number of phenols is 1. The van der Waals surface area contributed by atoms with E-state index in [0.29, 0.717) is 5.56 Å². The number of nitrogens with two attached hydrogens (primary N) is 1. The minimum absolute atomic E-state index is 0.117. The van der Waals surface area contributed by atoms with Crippen LogP contribution in [-0.4, -0.2) is 23.9 Å². The molecule has 78 valence electrons. The average Bonchev–Trinajstić information content (AvgIpc) is 2.21. The molecule has 14 heavy (non-hydrogen) atoms. The summed E-state index contributed by atoms with van der Waals surface area (Å²) in [6, 6.07) is 2.56. The number of aromatic hydroxyl groups is 1. The summed E-state index contributed by atoms with van der Waals surface area (Å²) in [6.07, 6.45) is 0. The quantitative estimate of drug-likeness (QED) is 0.707. The van der Waals surface area contributed by atoms with Crippen LogP contribution < -0.4 is 10.5 Å². The van der Waals surface area contributed by atoms with Gasteiger partial charge in [0.2, 0.25) is 0 Å². The summed E-state index contributed by atoms with van der Waals surface area (Å²) in [5.74, 6) is 0.124. The number of ether oxygens (including phenoxy) is 1. The lowest BCUT2D eigenvalue weighted by Crippen LogP contribution is -2.14. The van der Waals surface area contributed by atoms with Crippen LogP contribution in [0.3, 0.4) is 0 Å². The lowest BCUT2D eigenvalue weighted by molar-refractivity contribution is 0.267. The zero-order valence-electron chi connectivity index (χ0n) is 7.70. The van der Waals surface area contributed by atoms with Crippen molar-refractivity contribution in [1.29, 1.82) is 0 Å². The van der Waals surface area contributed by atoms with Gasteiger partial charge in [-0.15, -0.1) is 0 Å². The van der Waals surface area contributed by atoms with Gasteiger partial charge in [0.25, 0.3) is 0 Å². The Kier molecular flexibility index (Phi) is 3.57. The number of hydrogen-bond acceptors (Lipinski definition) is 4. The molecule has 0 spiro atoms. The van der Waals surface area contributed by atoms with Crippen LogP contribution in [0.2, 0.25) is 5.02 Å². The first kappa shape index (κ1) is 11.1. The minimum atomic E-state index is -0.598. The Bertz CT molecular complexity index is 330. The van der Waals surface area contributed by atoms with Crippen molar-refractivity contribution in [1.82, 2.24) is 0 Å². The fourth-order valence-electron chi connectivity index (χ4n) is 1.11. The second-order valence-corrected chi connectivity index (χ2v) is 3.19. The predicted octanol–water partition coefficient (Wildman–Crippen LogP) is 1.05. The largest absolute Gasteiger partial charge is 0.503 e. The van der Waals surface area contributed by atoms with Crippen LogP contribution in [0, 0.1) is 0 Å². The Balaban J connectivity index is 3.17. The Hall–Kier alpha value is -0.970. The maximum Gasteiger partial charge on any atom is 0.177 e. The second kappa shape index (κ2) is 4.50. The number of aliphatic hydroxyl groups is 1. The van der Waals surface area contributed by atoms with E-state index >= 15 is 0 Å². The number of phenolic OH excluding ortho intramolecular Hbond substituents is 1. The van der Waals surface area contributed by atoms with Crippen molar-refractivity contribution < 1.29 is 14.9 Å². The van der Waals surface area contributed by atoms with E-state index in [2.05, 4.69) is 0 Å². The fraction of sp³-hybridized carbons (Fsp3) is 0.333. The summed E-state index contributed by atoms with van der Waals surface area (Å²) in [5.41, 5.74) is 6.06. The summed E-state index contributed by atoms with van der Waals surface area (Å²) in [7, 11) is 1.43. The summed E-state index contributed by atoms with van der Waals surface area (Å²) in [6.45, 7) is -0.231. The van der Waals surface area contributed by atoms with E-state index in [4.69, 9.17) is 27.2 Å². The van der Waals surface area contributed by atoms with Gasteiger partial charge in [-0.05, 0) is 11.6 Å². The number of aliphatic hydroxyl groups excluding tert-OH is 1. The summed E-state index contributed by atoms with van der Waals surface area (Å²) < 4.78 is 4.86. The molecule has 0 unspecified atom stereocenters. The van der Waals surface area contributed by atoms with Gasteiger partial charge in [0, 0.05) is 0 Å². The Morgan fingerprint density at radius 1 is 1.57 bits per heavy atom. The van der Waals surface area contributed by atoms with E-state index in [1.165, 1.54) is 7.11 Å². The molecule has 0 radical (unpaired) electrons. The van der Waals surface area contributed by atoms with Gasteiger partial charge in [0.15, 0.2) is 11.5 Å². The van der Waals surface area contributed by atoms with Crippen LogP contribution in [0.4, 0.5) is 0 Å². The van der Waals surface area contributed by atoms with E-state index in [0.717, 1.165) is 0 Å². The van der Waals surface area contributed by atoms with Crippen LogP contribution in [0.1, 0.15) is 11.6 Å².